The molecule has 2 aliphatic rings. The highest BCUT2D eigenvalue weighted by Crippen LogP contribution is 2.23. The molecule has 2 saturated heterocycles. The van der Waals surface area contributed by atoms with Crippen molar-refractivity contribution in [3.8, 4) is 11.5 Å². The van der Waals surface area contributed by atoms with E-state index in [1.165, 1.54) is 19.3 Å². The zero-order valence-corrected chi connectivity index (χ0v) is 16.7. The Hall–Kier alpha value is -2.14. The number of rotatable bonds is 4. The highest BCUT2D eigenvalue weighted by molar-refractivity contribution is 5.79. The number of carbonyl (C=O) groups excluding carboxylic acids is 1. The number of amides is 1. The van der Waals surface area contributed by atoms with E-state index < -0.39 is 0 Å². The first-order valence-electron chi connectivity index (χ1n) is 10.8. The molecule has 5 heteroatoms. The first-order chi connectivity index (χ1) is 13.8. The molecule has 2 aliphatic heterocycles. The third-order valence-corrected chi connectivity index (χ3v) is 5.98. The van der Waals surface area contributed by atoms with Gasteiger partial charge in [-0.3, -0.25) is 9.69 Å². The van der Waals surface area contributed by atoms with Crippen molar-refractivity contribution in [1.82, 2.24) is 14.8 Å². The molecule has 1 aromatic heterocycles. The van der Waals surface area contributed by atoms with Gasteiger partial charge in [0.2, 0.25) is 11.8 Å². The van der Waals surface area contributed by atoms with E-state index in [4.69, 9.17) is 4.42 Å². The second kappa shape index (κ2) is 9.37. The second-order valence-electron chi connectivity index (χ2n) is 8.18. The average Bonchev–Trinajstić information content (AvgIpc) is 3.17. The van der Waals surface area contributed by atoms with Crippen LogP contribution in [0.25, 0.3) is 11.5 Å². The summed E-state index contributed by atoms with van der Waals surface area (Å²) in [5, 5.41) is 0. The predicted octanol–water partition coefficient (Wildman–Crippen LogP) is 4.35. The Bertz CT molecular complexity index is 750. The summed E-state index contributed by atoms with van der Waals surface area (Å²) in [5.41, 5.74) is 1.94. The maximum atomic E-state index is 13.1. The highest BCUT2D eigenvalue weighted by atomic mass is 16.3. The lowest BCUT2D eigenvalue weighted by Crippen LogP contribution is -2.45. The minimum absolute atomic E-state index is 0.133. The van der Waals surface area contributed by atoms with Crippen molar-refractivity contribution < 1.29 is 9.21 Å². The molecule has 0 N–H and O–H groups in total. The van der Waals surface area contributed by atoms with Crippen molar-refractivity contribution in [3.63, 3.8) is 0 Å². The van der Waals surface area contributed by atoms with Gasteiger partial charge >= 0.3 is 0 Å². The summed E-state index contributed by atoms with van der Waals surface area (Å²) in [6.07, 6.45) is 10.0. The van der Waals surface area contributed by atoms with Gasteiger partial charge in [0.15, 0.2) is 0 Å². The summed E-state index contributed by atoms with van der Waals surface area (Å²) in [6, 6.07) is 9.99. The Morgan fingerprint density at radius 1 is 1.00 bits per heavy atom. The van der Waals surface area contributed by atoms with Crippen LogP contribution in [0.15, 0.2) is 41.0 Å². The zero-order valence-electron chi connectivity index (χ0n) is 16.7. The largest absolute Gasteiger partial charge is 0.444 e. The number of oxazole rings is 1. The number of likely N-dealkylation sites (tertiary alicyclic amines) is 2. The molecule has 1 aromatic carbocycles. The molecule has 3 heterocycles. The molecule has 0 radical (unpaired) electrons. The van der Waals surface area contributed by atoms with E-state index in [9.17, 15) is 4.79 Å². The van der Waals surface area contributed by atoms with Gasteiger partial charge in [-0.05, 0) is 44.4 Å². The van der Waals surface area contributed by atoms with E-state index in [1.807, 2.05) is 30.3 Å². The average molecular weight is 382 g/mol. The molecule has 2 aromatic rings. The van der Waals surface area contributed by atoms with Gasteiger partial charge in [-0.1, -0.05) is 37.5 Å². The van der Waals surface area contributed by atoms with Crippen LogP contribution in [-0.2, 0) is 11.3 Å². The van der Waals surface area contributed by atoms with Crippen LogP contribution < -0.4 is 0 Å². The third-order valence-electron chi connectivity index (χ3n) is 5.98. The normalized spacial score (nSPS) is 21.9. The molecule has 5 nitrogen and oxygen atoms in total. The molecule has 0 spiro atoms. The van der Waals surface area contributed by atoms with Crippen LogP contribution in [0.2, 0.25) is 0 Å². The van der Waals surface area contributed by atoms with E-state index in [0.29, 0.717) is 11.8 Å². The van der Waals surface area contributed by atoms with Crippen LogP contribution in [0.5, 0.6) is 0 Å². The molecule has 0 saturated carbocycles. The lowest BCUT2D eigenvalue weighted by molar-refractivity contribution is -0.137. The summed E-state index contributed by atoms with van der Waals surface area (Å²) in [6.45, 7) is 4.50. The van der Waals surface area contributed by atoms with Crippen LogP contribution in [0.1, 0.15) is 50.6 Å². The van der Waals surface area contributed by atoms with Crippen molar-refractivity contribution in [3.05, 3.63) is 42.3 Å². The molecule has 2 fully saturated rings. The first kappa shape index (κ1) is 19.2. The minimum atomic E-state index is 0.133. The van der Waals surface area contributed by atoms with E-state index in [-0.39, 0.29) is 5.92 Å². The summed E-state index contributed by atoms with van der Waals surface area (Å²) < 4.78 is 5.67. The van der Waals surface area contributed by atoms with Gasteiger partial charge in [0.1, 0.15) is 6.26 Å². The van der Waals surface area contributed by atoms with Gasteiger partial charge < -0.3 is 9.32 Å². The van der Waals surface area contributed by atoms with Crippen molar-refractivity contribution in [2.24, 2.45) is 5.92 Å². The zero-order chi connectivity index (χ0) is 19.2. The van der Waals surface area contributed by atoms with E-state index >= 15 is 0 Å². The standard InChI is InChI=1S/C23H31N3O2/c27-23(26-14-7-2-1-3-8-15-26)20-12-9-13-25(16-20)17-21-18-28-22(24-21)19-10-5-4-6-11-19/h4-6,10-11,18,20H,1-3,7-9,12-17H2. The van der Waals surface area contributed by atoms with Crippen LogP contribution in [0, 0.1) is 5.92 Å². The maximum absolute atomic E-state index is 13.1. The minimum Gasteiger partial charge on any atom is -0.444 e. The molecular weight excluding hydrogens is 350 g/mol. The number of benzene rings is 1. The Morgan fingerprint density at radius 2 is 1.75 bits per heavy atom. The van der Waals surface area contributed by atoms with Crippen LogP contribution in [0.3, 0.4) is 0 Å². The molecule has 0 bridgehead atoms. The van der Waals surface area contributed by atoms with Crippen molar-refractivity contribution in [2.45, 2.75) is 51.5 Å². The Balaban J connectivity index is 1.35. The van der Waals surface area contributed by atoms with Crippen LogP contribution in [0.4, 0.5) is 0 Å². The van der Waals surface area contributed by atoms with Crippen LogP contribution >= 0.6 is 0 Å². The highest BCUT2D eigenvalue weighted by Gasteiger charge is 2.29. The molecule has 0 aliphatic carbocycles. The molecule has 1 amide bonds. The van der Waals surface area contributed by atoms with Gasteiger partial charge in [-0.25, -0.2) is 4.98 Å². The SMILES string of the molecule is O=C(C1CCCN(Cc2coc(-c3ccccc3)n2)C1)N1CCCCCCC1. The number of hydrogen-bond donors (Lipinski definition) is 0. The van der Waals surface area contributed by atoms with Gasteiger partial charge in [0.05, 0.1) is 11.6 Å². The number of hydrogen-bond acceptors (Lipinski definition) is 4. The van der Waals surface area contributed by atoms with E-state index in [0.717, 1.165) is 69.7 Å². The lowest BCUT2D eigenvalue weighted by Gasteiger charge is -2.35. The molecule has 1 unspecified atom stereocenters. The molecular formula is C23H31N3O2. The van der Waals surface area contributed by atoms with Crippen molar-refractivity contribution in [2.75, 3.05) is 26.2 Å². The number of carbonyl (C=O) groups is 1. The lowest BCUT2D eigenvalue weighted by atomic mass is 9.95. The summed E-state index contributed by atoms with van der Waals surface area (Å²) >= 11 is 0. The fraction of sp³-hybridized carbons (Fsp3) is 0.565. The monoisotopic (exact) mass is 381 g/mol. The quantitative estimate of drug-likeness (QED) is 0.790. The maximum Gasteiger partial charge on any atom is 0.226 e. The Kier molecular flexibility index (Phi) is 6.42. The third kappa shape index (κ3) is 4.82. The molecule has 150 valence electrons. The smallest absolute Gasteiger partial charge is 0.226 e. The summed E-state index contributed by atoms with van der Waals surface area (Å²) in [7, 11) is 0. The number of nitrogens with zero attached hydrogens (tertiary/aromatic N) is 3. The van der Waals surface area contributed by atoms with Gasteiger partial charge in [0, 0.05) is 31.7 Å². The van der Waals surface area contributed by atoms with Gasteiger partial charge in [0.25, 0.3) is 0 Å². The Morgan fingerprint density at radius 3 is 2.54 bits per heavy atom. The van der Waals surface area contributed by atoms with Crippen molar-refractivity contribution in [1.29, 1.82) is 0 Å². The van der Waals surface area contributed by atoms with Crippen molar-refractivity contribution >= 4 is 5.91 Å². The number of aromatic nitrogens is 1. The van der Waals surface area contributed by atoms with Gasteiger partial charge in [-0.15, -0.1) is 0 Å². The van der Waals surface area contributed by atoms with E-state index in [2.05, 4.69) is 14.8 Å². The predicted molar refractivity (Wildman–Crippen MR) is 110 cm³/mol. The van der Waals surface area contributed by atoms with Gasteiger partial charge in [-0.2, -0.15) is 0 Å². The fourth-order valence-corrected chi connectivity index (χ4v) is 4.45. The Labute approximate surface area is 167 Å². The fourth-order valence-electron chi connectivity index (χ4n) is 4.45. The van der Waals surface area contributed by atoms with Crippen LogP contribution in [-0.4, -0.2) is 46.9 Å². The number of piperidine rings is 1. The summed E-state index contributed by atoms with van der Waals surface area (Å²) in [5.74, 6) is 1.17. The van der Waals surface area contributed by atoms with E-state index in [1.54, 1.807) is 6.26 Å². The summed E-state index contributed by atoms with van der Waals surface area (Å²) in [4.78, 5) is 22.2. The first-order valence-corrected chi connectivity index (χ1v) is 10.8. The molecule has 28 heavy (non-hydrogen) atoms. The second-order valence-corrected chi connectivity index (χ2v) is 8.18. The molecule has 4 rings (SSSR count). The molecule has 1 atom stereocenters. The topological polar surface area (TPSA) is 49.6 Å².